The second kappa shape index (κ2) is 9.11. The Labute approximate surface area is 171 Å². The molecule has 2 aromatic rings. The van der Waals surface area contributed by atoms with Crippen LogP contribution in [0.3, 0.4) is 0 Å². The van der Waals surface area contributed by atoms with Gasteiger partial charge in [-0.05, 0) is 31.7 Å². The summed E-state index contributed by atoms with van der Waals surface area (Å²) >= 11 is 0. The highest BCUT2D eigenvalue weighted by molar-refractivity contribution is 5.95. The van der Waals surface area contributed by atoms with Gasteiger partial charge in [-0.15, -0.1) is 0 Å². The summed E-state index contributed by atoms with van der Waals surface area (Å²) in [5.41, 5.74) is 4.22. The number of piperidine rings is 1. The molecule has 1 aliphatic heterocycles. The second-order valence-corrected chi connectivity index (χ2v) is 6.79. The highest BCUT2D eigenvalue weighted by atomic mass is 16.6. The number of anilines is 2. The highest BCUT2D eigenvalue weighted by Gasteiger charge is 2.32. The minimum atomic E-state index is -0.697. The molecular formula is C18H21N7O5. The van der Waals surface area contributed by atoms with Crippen molar-refractivity contribution in [3.8, 4) is 0 Å². The van der Waals surface area contributed by atoms with Gasteiger partial charge in [-0.2, -0.15) is 0 Å². The van der Waals surface area contributed by atoms with Gasteiger partial charge in [0, 0.05) is 30.3 Å². The quantitative estimate of drug-likeness (QED) is 0.512. The fraction of sp³-hybridized carbons (Fsp3) is 0.389. The Balaban J connectivity index is 1.84. The van der Waals surface area contributed by atoms with Crippen molar-refractivity contribution in [2.24, 2.45) is 0 Å². The first-order valence-corrected chi connectivity index (χ1v) is 9.49. The van der Waals surface area contributed by atoms with Crippen molar-refractivity contribution in [3.05, 3.63) is 56.4 Å². The van der Waals surface area contributed by atoms with Crippen LogP contribution in [-0.4, -0.2) is 38.3 Å². The Hall–Kier alpha value is -3.83. The zero-order valence-electron chi connectivity index (χ0n) is 16.3. The molecule has 158 valence electrons. The van der Waals surface area contributed by atoms with Crippen LogP contribution in [0.1, 0.15) is 43.0 Å². The molecule has 0 spiro atoms. The van der Waals surface area contributed by atoms with Crippen molar-refractivity contribution in [2.45, 2.75) is 38.6 Å². The van der Waals surface area contributed by atoms with E-state index in [-0.39, 0.29) is 34.6 Å². The zero-order valence-corrected chi connectivity index (χ0v) is 16.3. The van der Waals surface area contributed by atoms with Gasteiger partial charge in [0.25, 0.3) is 11.6 Å². The molecule has 0 saturated carbocycles. The van der Waals surface area contributed by atoms with E-state index in [1.807, 2.05) is 11.8 Å². The number of benzene rings is 1. The van der Waals surface area contributed by atoms with E-state index in [0.717, 1.165) is 31.7 Å². The van der Waals surface area contributed by atoms with Crippen molar-refractivity contribution < 1.29 is 14.6 Å². The van der Waals surface area contributed by atoms with Crippen molar-refractivity contribution in [2.75, 3.05) is 16.9 Å². The summed E-state index contributed by atoms with van der Waals surface area (Å²) in [6.07, 6.45) is 4.91. The van der Waals surface area contributed by atoms with E-state index in [1.54, 1.807) is 0 Å². The zero-order chi connectivity index (χ0) is 21.7. The summed E-state index contributed by atoms with van der Waals surface area (Å²) in [6, 6.07) is 5.27. The number of nitro groups is 2. The van der Waals surface area contributed by atoms with Gasteiger partial charge in [-0.1, -0.05) is 13.0 Å². The van der Waals surface area contributed by atoms with Crippen molar-refractivity contribution in [1.82, 2.24) is 15.4 Å². The van der Waals surface area contributed by atoms with Gasteiger partial charge in [0.15, 0.2) is 0 Å². The number of rotatable bonds is 7. The van der Waals surface area contributed by atoms with E-state index in [9.17, 15) is 25.0 Å². The molecule has 1 unspecified atom stereocenters. The molecule has 1 amide bonds. The molecule has 0 radical (unpaired) electrons. The van der Waals surface area contributed by atoms with Gasteiger partial charge < -0.3 is 4.90 Å². The Morgan fingerprint density at radius 1 is 1.23 bits per heavy atom. The monoisotopic (exact) mass is 415 g/mol. The Morgan fingerprint density at radius 2 is 2.03 bits per heavy atom. The molecule has 12 heteroatoms. The van der Waals surface area contributed by atoms with Gasteiger partial charge in [0.2, 0.25) is 11.6 Å². The Bertz CT molecular complexity index is 968. The van der Waals surface area contributed by atoms with Crippen molar-refractivity contribution >= 4 is 28.9 Å². The lowest BCUT2D eigenvalue weighted by molar-refractivity contribution is -0.384. The van der Waals surface area contributed by atoms with Crippen LogP contribution >= 0.6 is 0 Å². The summed E-state index contributed by atoms with van der Waals surface area (Å²) in [4.78, 5) is 43.8. The Morgan fingerprint density at radius 3 is 2.73 bits per heavy atom. The number of aromatic nitrogens is 2. The Kier molecular flexibility index (Phi) is 6.35. The molecule has 1 saturated heterocycles. The first kappa shape index (κ1) is 20.9. The SMILES string of the molecule is CCC1CCCCN1c1ncnc(NNC(=O)c2cccc([N+](=O)[O-])c2)c1[N+](=O)[O-]. The van der Waals surface area contributed by atoms with Crippen LogP contribution in [0.25, 0.3) is 0 Å². The summed E-state index contributed by atoms with van der Waals surface area (Å²) < 4.78 is 0. The second-order valence-electron chi connectivity index (χ2n) is 6.79. The number of non-ortho nitro benzene ring substituents is 1. The van der Waals surface area contributed by atoms with E-state index in [1.165, 1.54) is 24.5 Å². The number of nitrogens with one attached hydrogen (secondary N) is 2. The van der Waals surface area contributed by atoms with Gasteiger partial charge in [-0.3, -0.25) is 35.9 Å². The van der Waals surface area contributed by atoms with Crippen LogP contribution in [0.2, 0.25) is 0 Å². The first-order chi connectivity index (χ1) is 14.4. The molecule has 1 aromatic heterocycles. The van der Waals surface area contributed by atoms with Crippen LogP contribution in [0.4, 0.5) is 23.0 Å². The molecule has 1 atom stereocenters. The normalized spacial score (nSPS) is 16.0. The van der Waals surface area contributed by atoms with E-state index in [2.05, 4.69) is 20.8 Å². The fourth-order valence-corrected chi connectivity index (χ4v) is 3.49. The number of carbonyl (C=O) groups is 1. The predicted octanol–water partition coefficient (Wildman–Crippen LogP) is 2.82. The molecule has 1 fully saturated rings. The summed E-state index contributed by atoms with van der Waals surface area (Å²) in [6.45, 7) is 2.67. The van der Waals surface area contributed by atoms with Crippen LogP contribution in [0.5, 0.6) is 0 Å². The fourth-order valence-electron chi connectivity index (χ4n) is 3.49. The summed E-state index contributed by atoms with van der Waals surface area (Å²) in [5, 5.41) is 22.7. The number of nitro benzene ring substituents is 1. The maximum absolute atomic E-state index is 12.3. The molecule has 12 nitrogen and oxygen atoms in total. The average molecular weight is 415 g/mol. The molecule has 2 N–H and O–H groups in total. The molecule has 0 aliphatic carbocycles. The van der Waals surface area contributed by atoms with E-state index >= 15 is 0 Å². The van der Waals surface area contributed by atoms with E-state index in [4.69, 9.17) is 0 Å². The van der Waals surface area contributed by atoms with Crippen LogP contribution in [-0.2, 0) is 0 Å². The third-order valence-corrected chi connectivity index (χ3v) is 4.97. The van der Waals surface area contributed by atoms with E-state index < -0.39 is 15.8 Å². The number of hydrogen-bond donors (Lipinski definition) is 2. The number of carbonyl (C=O) groups excluding carboxylic acids is 1. The lowest BCUT2D eigenvalue weighted by atomic mass is 10.00. The summed E-state index contributed by atoms with van der Waals surface area (Å²) in [7, 11) is 0. The molecule has 3 rings (SSSR count). The third kappa shape index (κ3) is 4.42. The lowest BCUT2D eigenvalue weighted by Gasteiger charge is -2.35. The molecule has 0 bridgehead atoms. The van der Waals surface area contributed by atoms with Gasteiger partial charge in [-0.25, -0.2) is 9.97 Å². The lowest BCUT2D eigenvalue weighted by Crippen LogP contribution is -2.40. The number of hydrogen-bond acceptors (Lipinski definition) is 9. The number of amides is 1. The van der Waals surface area contributed by atoms with Crippen LogP contribution < -0.4 is 15.8 Å². The van der Waals surface area contributed by atoms with Crippen LogP contribution in [0.15, 0.2) is 30.6 Å². The molecule has 2 heterocycles. The molecule has 30 heavy (non-hydrogen) atoms. The predicted molar refractivity (Wildman–Crippen MR) is 108 cm³/mol. The number of hydrazine groups is 1. The van der Waals surface area contributed by atoms with Crippen molar-refractivity contribution in [1.29, 1.82) is 0 Å². The molecule has 1 aromatic carbocycles. The summed E-state index contributed by atoms with van der Waals surface area (Å²) in [5.74, 6) is -0.657. The minimum Gasteiger partial charge on any atom is -0.348 e. The third-order valence-electron chi connectivity index (χ3n) is 4.97. The highest BCUT2D eigenvalue weighted by Crippen LogP contribution is 2.35. The first-order valence-electron chi connectivity index (χ1n) is 9.49. The standard InChI is InChI=1S/C18H21N7O5/c1-2-13-7-3-4-9-23(13)17-15(25(29)30)16(19-11-20-17)21-22-18(26)12-6-5-8-14(10-12)24(27)28/h5-6,8,10-11,13H,2-4,7,9H2,1H3,(H,22,26)(H,19,20,21). The molecule has 1 aliphatic rings. The maximum atomic E-state index is 12.3. The van der Waals surface area contributed by atoms with Gasteiger partial charge in [0.1, 0.15) is 6.33 Å². The molecular weight excluding hydrogens is 394 g/mol. The largest absolute Gasteiger partial charge is 0.355 e. The topological polar surface area (TPSA) is 156 Å². The maximum Gasteiger partial charge on any atom is 0.355 e. The number of nitrogens with zero attached hydrogens (tertiary/aromatic N) is 5. The minimum absolute atomic E-state index is 0.0238. The van der Waals surface area contributed by atoms with Gasteiger partial charge in [0.05, 0.1) is 9.85 Å². The smallest absolute Gasteiger partial charge is 0.348 e. The van der Waals surface area contributed by atoms with Crippen LogP contribution in [0, 0.1) is 20.2 Å². The average Bonchev–Trinajstić information content (AvgIpc) is 2.77. The van der Waals surface area contributed by atoms with Gasteiger partial charge >= 0.3 is 5.69 Å². The van der Waals surface area contributed by atoms with E-state index in [0.29, 0.717) is 6.54 Å². The van der Waals surface area contributed by atoms with Crippen molar-refractivity contribution in [3.63, 3.8) is 0 Å².